The minimum atomic E-state index is 0.190. The van der Waals surface area contributed by atoms with Gasteiger partial charge in [-0.15, -0.1) is 0 Å². The van der Waals surface area contributed by atoms with Crippen molar-refractivity contribution in [2.45, 2.75) is 31.8 Å². The second-order valence-electron chi connectivity index (χ2n) is 7.26. The summed E-state index contributed by atoms with van der Waals surface area (Å²) < 4.78 is 5.29. The number of carbonyl (C=O) groups is 1. The average Bonchev–Trinajstić information content (AvgIpc) is 2.69. The number of methoxy groups -OCH3 is 1. The Morgan fingerprint density at radius 1 is 1.04 bits per heavy atom. The summed E-state index contributed by atoms with van der Waals surface area (Å²) in [6.07, 6.45) is 3.04. The summed E-state index contributed by atoms with van der Waals surface area (Å²) in [4.78, 5) is 17.6. The smallest absolute Gasteiger partial charge is 0.254 e. The Morgan fingerprint density at radius 2 is 1.81 bits per heavy atom. The van der Waals surface area contributed by atoms with Crippen molar-refractivity contribution < 1.29 is 9.53 Å². The Morgan fingerprint density at radius 3 is 2.54 bits per heavy atom. The molecule has 4 heteroatoms. The molecule has 136 valence electrons. The number of benzene rings is 2. The fourth-order valence-corrected chi connectivity index (χ4v) is 4.19. The van der Waals surface area contributed by atoms with Gasteiger partial charge in [-0.05, 0) is 48.6 Å². The van der Waals surface area contributed by atoms with Crippen LogP contribution in [-0.4, -0.2) is 48.5 Å². The minimum absolute atomic E-state index is 0.190. The molecule has 1 saturated heterocycles. The molecule has 1 amide bonds. The van der Waals surface area contributed by atoms with E-state index in [2.05, 4.69) is 40.1 Å². The molecule has 2 heterocycles. The van der Waals surface area contributed by atoms with Crippen LogP contribution in [0.1, 0.15) is 34.3 Å². The lowest BCUT2D eigenvalue weighted by Crippen LogP contribution is -2.49. The molecule has 0 N–H and O–H groups in total. The van der Waals surface area contributed by atoms with Crippen LogP contribution in [0.15, 0.2) is 48.5 Å². The summed E-state index contributed by atoms with van der Waals surface area (Å²) in [6.45, 7) is 3.93. The van der Waals surface area contributed by atoms with Crippen molar-refractivity contribution in [2.24, 2.45) is 0 Å². The lowest BCUT2D eigenvalue weighted by Gasteiger charge is -2.40. The molecule has 2 aromatic rings. The number of amides is 1. The predicted octanol–water partition coefficient (Wildman–Crippen LogP) is 3.36. The van der Waals surface area contributed by atoms with Crippen molar-refractivity contribution in [2.75, 3.05) is 26.7 Å². The Bertz CT molecular complexity index is 767. The third kappa shape index (κ3) is 3.47. The number of hydrogen-bond acceptors (Lipinski definition) is 3. The van der Waals surface area contributed by atoms with Crippen molar-refractivity contribution in [3.8, 4) is 5.75 Å². The van der Waals surface area contributed by atoms with Crippen LogP contribution in [0.5, 0.6) is 5.75 Å². The molecule has 0 aromatic heterocycles. The number of fused-ring (bicyclic) bond motifs is 1. The normalized spacial score (nSPS) is 18.7. The van der Waals surface area contributed by atoms with E-state index in [0.29, 0.717) is 6.04 Å². The highest BCUT2D eigenvalue weighted by atomic mass is 16.5. The van der Waals surface area contributed by atoms with E-state index in [1.807, 2.05) is 18.2 Å². The maximum absolute atomic E-state index is 13.0. The van der Waals surface area contributed by atoms with E-state index in [1.54, 1.807) is 7.11 Å². The molecule has 0 spiro atoms. The molecule has 2 aliphatic rings. The topological polar surface area (TPSA) is 32.8 Å². The molecular formula is C22H26N2O2. The number of nitrogens with zero attached hydrogens (tertiary/aromatic N) is 2. The lowest BCUT2D eigenvalue weighted by atomic mass is 9.94. The van der Waals surface area contributed by atoms with Crippen molar-refractivity contribution >= 4 is 5.91 Å². The maximum atomic E-state index is 13.0. The van der Waals surface area contributed by atoms with E-state index in [9.17, 15) is 4.79 Å². The van der Waals surface area contributed by atoms with Gasteiger partial charge in [0, 0.05) is 37.8 Å². The second-order valence-corrected chi connectivity index (χ2v) is 7.26. The molecule has 0 saturated carbocycles. The highest BCUT2D eigenvalue weighted by Gasteiger charge is 2.32. The average molecular weight is 350 g/mol. The standard InChI is InChI=1S/C22H26N2O2/c1-26-20-7-8-21-18(15-20)9-14-24(22(21)25)19-10-12-23(13-11-19)16-17-5-3-2-4-6-17/h2-8,15,19H,9-14,16H2,1H3. The van der Waals surface area contributed by atoms with Crippen LogP contribution in [0.25, 0.3) is 0 Å². The number of carbonyl (C=O) groups excluding carboxylic acids is 1. The molecule has 0 atom stereocenters. The molecule has 0 bridgehead atoms. The molecule has 4 rings (SSSR count). The van der Waals surface area contributed by atoms with Crippen LogP contribution >= 0.6 is 0 Å². The fraction of sp³-hybridized carbons (Fsp3) is 0.409. The van der Waals surface area contributed by atoms with Gasteiger partial charge in [0.25, 0.3) is 5.91 Å². The zero-order chi connectivity index (χ0) is 17.9. The van der Waals surface area contributed by atoms with Gasteiger partial charge in [0.15, 0.2) is 0 Å². The quantitative estimate of drug-likeness (QED) is 0.848. The van der Waals surface area contributed by atoms with E-state index < -0.39 is 0 Å². The van der Waals surface area contributed by atoms with Gasteiger partial charge in [0.1, 0.15) is 5.75 Å². The van der Waals surface area contributed by atoms with Crippen LogP contribution in [0.2, 0.25) is 0 Å². The zero-order valence-corrected chi connectivity index (χ0v) is 15.4. The Kier molecular flexibility index (Phi) is 4.93. The summed E-state index contributed by atoms with van der Waals surface area (Å²) in [7, 11) is 1.67. The molecule has 4 nitrogen and oxygen atoms in total. The predicted molar refractivity (Wildman–Crippen MR) is 102 cm³/mol. The number of ether oxygens (including phenoxy) is 1. The van der Waals surface area contributed by atoms with Gasteiger partial charge in [0.2, 0.25) is 0 Å². The summed E-state index contributed by atoms with van der Waals surface area (Å²) in [5, 5.41) is 0. The number of likely N-dealkylation sites (tertiary alicyclic amines) is 1. The third-order valence-electron chi connectivity index (χ3n) is 5.67. The van der Waals surface area contributed by atoms with Crippen LogP contribution in [-0.2, 0) is 13.0 Å². The molecule has 0 unspecified atom stereocenters. The van der Waals surface area contributed by atoms with E-state index in [0.717, 1.165) is 62.3 Å². The SMILES string of the molecule is COc1ccc2c(c1)CCN(C1CCN(Cc3ccccc3)CC1)C2=O. The number of rotatable bonds is 4. The second kappa shape index (κ2) is 7.50. The van der Waals surface area contributed by atoms with Gasteiger partial charge in [-0.1, -0.05) is 30.3 Å². The summed E-state index contributed by atoms with van der Waals surface area (Å²) in [5.74, 6) is 1.02. The highest BCUT2D eigenvalue weighted by Crippen LogP contribution is 2.28. The Balaban J connectivity index is 1.38. The monoisotopic (exact) mass is 350 g/mol. The molecular weight excluding hydrogens is 324 g/mol. The van der Waals surface area contributed by atoms with Crippen LogP contribution in [0.4, 0.5) is 0 Å². The van der Waals surface area contributed by atoms with E-state index in [1.165, 1.54) is 5.56 Å². The molecule has 0 aliphatic carbocycles. The van der Waals surface area contributed by atoms with Crippen molar-refractivity contribution in [3.63, 3.8) is 0 Å². The maximum Gasteiger partial charge on any atom is 0.254 e. The largest absolute Gasteiger partial charge is 0.497 e. The first-order valence-electron chi connectivity index (χ1n) is 9.49. The van der Waals surface area contributed by atoms with Crippen LogP contribution < -0.4 is 4.74 Å². The van der Waals surface area contributed by atoms with E-state index in [4.69, 9.17) is 4.74 Å². The molecule has 0 radical (unpaired) electrons. The van der Waals surface area contributed by atoms with E-state index >= 15 is 0 Å². The summed E-state index contributed by atoms with van der Waals surface area (Å²) >= 11 is 0. The minimum Gasteiger partial charge on any atom is -0.497 e. The van der Waals surface area contributed by atoms with Crippen LogP contribution in [0, 0.1) is 0 Å². The lowest BCUT2D eigenvalue weighted by molar-refractivity contribution is 0.0546. The molecule has 2 aliphatic heterocycles. The first-order valence-corrected chi connectivity index (χ1v) is 9.49. The third-order valence-corrected chi connectivity index (χ3v) is 5.67. The van der Waals surface area contributed by atoms with Gasteiger partial charge >= 0.3 is 0 Å². The van der Waals surface area contributed by atoms with Gasteiger partial charge in [-0.2, -0.15) is 0 Å². The summed E-state index contributed by atoms with van der Waals surface area (Å²) in [6, 6.07) is 16.8. The first kappa shape index (κ1) is 17.1. The molecule has 2 aromatic carbocycles. The fourth-order valence-electron chi connectivity index (χ4n) is 4.19. The summed E-state index contributed by atoms with van der Waals surface area (Å²) in [5.41, 5.74) is 3.33. The van der Waals surface area contributed by atoms with Crippen molar-refractivity contribution in [3.05, 3.63) is 65.2 Å². The van der Waals surface area contributed by atoms with Gasteiger partial charge in [0.05, 0.1) is 7.11 Å². The van der Waals surface area contributed by atoms with Crippen LogP contribution in [0.3, 0.4) is 0 Å². The van der Waals surface area contributed by atoms with Gasteiger partial charge in [-0.25, -0.2) is 0 Å². The zero-order valence-electron chi connectivity index (χ0n) is 15.4. The highest BCUT2D eigenvalue weighted by molar-refractivity contribution is 5.97. The van der Waals surface area contributed by atoms with E-state index in [-0.39, 0.29) is 5.91 Å². The van der Waals surface area contributed by atoms with Gasteiger partial charge in [-0.3, -0.25) is 9.69 Å². The Hall–Kier alpha value is -2.33. The van der Waals surface area contributed by atoms with Crippen molar-refractivity contribution in [1.29, 1.82) is 0 Å². The molecule has 26 heavy (non-hydrogen) atoms. The van der Waals surface area contributed by atoms with Crippen molar-refractivity contribution in [1.82, 2.24) is 9.80 Å². The number of hydrogen-bond donors (Lipinski definition) is 0. The van der Waals surface area contributed by atoms with Gasteiger partial charge < -0.3 is 9.64 Å². The molecule has 1 fully saturated rings. The number of piperidine rings is 1. The Labute approximate surface area is 155 Å². The first-order chi connectivity index (χ1) is 12.7.